The van der Waals surface area contributed by atoms with Crippen LogP contribution in [0.2, 0.25) is 0 Å². The minimum atomic E-state index is 0.143. The minimum absolute atomic E-state index is 0.143. The van der Waals surface area contributed by atoms with E-state index in [0.717, 1.165) is 18.7 Å². The Kier molecular flexibility index (Phi) is 5.90. The molecule has 1 heterocycles. The zero-order valence-electron chi connectivity index (χ0n) is 13.2. The topological polar surface area (TPSA) is 28.2 Å². The third-order valence-electron chi connectivity index (χ3n) is 3.58. The van der Waals surface area contributed by atoms with Crippen LogP contribution in [0.15, 0.2) is 54.7 Å². The van der Waals surface area contributed by atoms with Gasteiger partial charge < -0.3 is 10.2 Å². The smallest absolute Gasteiger partial charge is 0.0753 e. The Labute approximate surface area is 128 Å². The van der Waals surface area contributed by atoms with Gasteiger partial charge in [-0.3, -0.25) is 4.98 Å². The summed E-state index contributed by atoms with van der Waals surface area (Å²) in [6.07, 6.45) is 2.97. The molecule has 0 fully saturated rings. The van der Waals surface area contributed by atoms with Gasteiger partial charge in [0.1, 0.15) is 0 Å². The van der Waals surface area contributed by atoms with Crippen LogP contribution in [-0.4, -0.2) is 36.6 Å². The molecule has 0 spiro atoms. The molecular weight excluding hydrogens is 258 g/mol. The molecule has 1 N–H and O–H groups in total. The molecule has 0 bridgehead atoms. The fourth-order valence-corrected chi connectivity index (χ4v) is 2.36. The Hall–Kier alpha value is -1.71. The molecule has 0 saturated carbocycles. The van der Waals surface area contributed by atoms with Crippen LogP contribution in [0.3, 0.4) is 0 Å². The first-order valence-electron chi connectivity index (χ1n) is 7.53. The highest BCUT2D eigenvalue weighted by atomic mass is 15.1. The van der Waals surface area contributed by atoms with Crippen LogP contribution in [0.25, 0.3) is 0 Å². The fourth-order valence-electron chi connectivity index (χ4n) is 2.36. The molecule has 0 aliphatic heterocycles. The van der Waals surface area contributed by atoms with E-state index >= 15 is 0 Å². The fraction of sp³-hybridized carbons (Fsp3) is 0.389. The van der Waals surface area contributed by atoms with E-state index in [2.05, 4.69) is 72.6 Å². The second-order valence-corrected chi connectivity index (χ2v) is 5.76. The van der Waals surface area contributed by atoms with Gasteiger partial charge in [0.15, 0.2) is 0 Å². The van der Waals surface area contributed by atoms with E-state index in [1.165, 1.54) is 5.56 Å². The highest BCUT2D eigenvalue weighted by molar-refractivity contribution is 5.27. The number of benzene rings is 1. The van der Waals surface area contributed by atoms with Gasteiger partial charge in [0.05, 0.1) is 11.7 Å². The summed E-state index contributed by atoms with van der Waals surface area (Å²) in [5.74, 6) is 0. The van der Waals surface area contributed by atoms with Crippen molar-refractivity contribution in [2.24, 2.45) is 0 Å². The largest absolute Gasteiger partial charge is 0.309 e. The lowest BCUT2D eigenvalue weighted by molar-refractivity contribution is 0.357. The minimum Gasteiger partial charge on any atom is -0.309 e. The molecule has 0 saturated heterocycles. The predicted octanol–water partition coefficient (Wildman–Crippen LogP) is 3.10. The van der Waals surface area contributed by atoms with Crippen LogP contribution in [0, 0.1) is 0 Å². The molecule has 0 radical (unpaired) electrons. The van der Waals surface area contributed by atoms with Crippen LogP contribution in [0.5, 0.6) is 0 Å². The molecule has 2 atom stereocenters. The molecule has 1 aromatic heterocycles. The van der Waals surface area contributed by atoms with Gasteiger partial charge >= 0.3 is 0 Å². The van der Waals surface area contributed by atoms with E-state index < -0.39 is 0 Å². The van der Waals surface area contributed by atoms with Crippen molar-refractivity contribution >= 4 is 0 Å². The standard InChI is InChI=1S/C18H25N3/c1-15(12-14-21(2)3)20-18(16-9-5-4-6-10-16)17-11-7-8-13-19-17/h4-11,13,15,18,20H,12,14H2,1-3H3. The van der Waals surface area contributed by atoms with Gasteiger partial charge in [0.25, 0.3) is 0 Å². The van der Waals surface area contributed by atoms with Crippen LogP contribution in [-0.2, 0) is 0 Å². The quantitative estimate of drug-likeness (QED) is 0.846. The van der Waals surface area contributed by atoms with Gasteiger partial charge in [0, 0.05) is 12.2 Å². The third-order valence-corrected chi connectivity index (χ3v) is 3.58. The highest BCUT2D eigenvalue weighted by Gasteiger charge is 2.17. The first-order valence-corrected chi connectivity index (χ1v) is 7.53. The molecule has 0 aliphatic carbocycles. The summed E-state index contributed by atoms with van der Waals surface area (Å²) in [5, 5.41) is 3.72. The summed E-state index contributed by atoms with van der Waals surface area (Å²) in [6, 6.07) is 17.2. The van der Waals surface area contributed by atoms with E-state index in [1.54, 1.807) is 0 Å². The Balaban J connectivity index is 2.13. The van der Waals surface area contributed by atoms with Gasteiger partial charge in [-0.2, -0.15) is 0 Å². The normalized spacial score (nSPS) is 14.1. The zero-order chi connectivity index (χ0) is 15.1. The van der Waals surface area contributed by atoms with Crippen molar-refractivity contribution in [2.75, 3.05) is 20.6 Å². The second kappa shape index (κ2) is 7.91. The van der Waals surface area contributed by atoms with Gasteiger partial charge in [0.2, 0.25) is 0 Å². The van der Waals surface area contributed by atoms with Gasteiger partial charge in [-0.25, -0.2) is 0 Å². The Bertz CT molecular complexity index is 471. The lowest BCUT2D eigenvalue weighted by Crippen LogP contribution is -2.34. The average Bonchev–Trinajstić information content (AvgIpc) is 2.52. The number of rotatable bonds is 7. The Morgan fingerprint density at radius 3 is 2.38 bits per heavy atom. The summed E-state index contributed by atoms with van der Waals surface area (Å²) < 4.78 is 0. The maximum atomic E-state index is 4.53. The summed E-state index contributed by atoms with van der Waals surface area (Å²) in [7, 11) is 4.22. The second-order valence-electron chi connectivity index (χ2n) is 5.76. The molecule has 2 rings (SSSR count). The Morgan fingerprint density at radius 2 is 1.76 bits per heavy atom. The van der Waals surface area contributed by atoms with Crippen molar-refractivity contribution in [1.29, 1.82) is 0 Å². The molecule has 1 aromatic carbocycles. The van der Waals surface area contributed by atoms with Crippen molar-refractivity contribution in [2.45, 2.75) is 25.4 Å². The molecule has 112 valence electrons. The molecule has 0 amide bonds. The van der Waals surface area contributed by atoms with Crippen molar-refractivity contribution in [3.63, 3.8) is 0 Å². The van der Waals surface area contributed by atoms with Crippen LogP contribution >= 0.6 is 0 Å². The molecule has 3 heteroatoms. The van der Waals surface area contributed by atoms with Crippen LogP contribution in [0.1, 0.15) is 30.6 Å². The maximum Gasteiger partial charge on any atom is 0.0753 e. The van der Waals surface area contributed by atoms with Gasteiger partial charge in [-0.15, -0.1) is 0 Å². The van der Waals surface area contributed by atoms with E-state index in [0.29, 0.717) is 6.04 Å². The zero-order valence-corrected chi connectivity index (χ0v) is 13.2. The third kappa shape index (κ3) is 4.96. The van der Waals surface area contributed by atoms with E-state index in [4.69, 9.17) is 0 Å². The highest BCUT2D eigenvalue weighted by Crippen LogP contribution is 2.21. The number of pyridine rings is 1. The monoisotopic (exact) mass is 283 g/mol. The summed E-state index contributed by atoms with van der Waals surface area (Å²) in [4.78, 5) is 6.75. The lowest BCUT2D eigenvalue weighted by atomic mass is 10.0. The maximum absolute atomic E-state index is 4.53. The molecule has 2 aromatic rings. The summed E-state index contributed by atoms with van der Waals surface area (Å²) in [5.41, 5.74) is 2.33. The number of aromatic nitrogens is 1. The SMILES string of the molecule is CC(CCN(C)C)NC(c1ccccc1)c1ccccn1. The Morgan fingerprint density at radius 1 is 1.05 bits per heavy atom. The summed E-state index contributed by atoms with van der Waals surface area (Å²) >= 11 is 0. The average molecular weight is 283 g/mol. The van der Waals surface area contributed by atoms with Crippen molar-refractivity contribution in [3.05, 3.63) is 66.0 Å². The molecule has 2 unspecified atom stereocenters. The number of nitrogens with one attached hydrogen (secondary N) is 1. The molecule has 21 heavy (non-hydrogen) atoms. The molecule has 0 aliphatic rings. The van der Waals surface area contributed by atoms with Gasteiger partial charge in [-0.05, 0) is 51.7 Å². The van der Waals surface area contributed by atoms with E-state index in [1.807, 2.05) is 18.3 Å². The van der Waals surface area contributed by atoms with E-state index in [9.17, 15) is 0 Å². The predicted molar refractivity (Wildman–Crippen MR) is 88.3 cm³/mol. The van der Waals surface area contributed by atoms with Crippen LogP contribution in [0.4, 0.5) is 0 Å². The van der Waals surface area contributed by atoms with Crippen molar-refractivity contribution < 1.29 is 0 Å². The first-order chi connectivity index (χ1) is 10.2. The van der Waals surface area contributed by atoms with Gasteiger partial charge in [-0.1, -0.05) is 36.4 Å². The van der Waals surface area contributed by atoms with Crippen molar-refractivity contribution in [3.8, 4) is 0 Å². The molecular formula is C18H25N3. The first kappa shape index (κ1) is 15.7. The molecule has 3 nitrogen and oxygen atoms in total. The van der Waals surface area contributed by atoms with Crippen LogP contribution < -0.4 is 5.32 Å². The van der Waals surface area contributed by atoms with E-state index in [-0.39, 0.29) is 6.04 Å². The van der Waals surface area contributed by atoms with Crippen molar-refractivity contribution in [1.82, 2.24) is 15.2 Å². The summed E-state index contributed by atoms with van der Waals surface area (Å²) in [6.45, 7) is 3.32. The number of hydrogen-bond donors (Lipinski definition) is 1. The number of nitrogens with zero attached hydrogens (tertiary/aromatic N) is 2. The number of hydrogen-bond acceptors (Lipinski definition) is 3. The lowest BCUT2D eigenvalue weighted by Gasteiger charge is -2.24.